The maximum atomic E-state index is 13.4. The number of ketones is 1. The molecule has 3 fully saturated rings. The normalized spacial score (nSPS) is 39.0. The molecule has 5 nitrogen and oxygen atoms in total. The molecule has 0 aromatic rings. The van der Waals surface area contributed by atoms with Gasteiger partial charge < -0.3 is 9.84 Å². The lowest BCUT2D eigenvalue weighted by atomic mass is 9.49. The minimum absolute atomic E-state index is 0.0448. The van der Waals surface area contributed by atoms with Gasteiger partial charge in [0, 0.05) is 25.2 Å². The number of carbonyl (C=O) groups is 3. The first-order valence-corrected chi connectivity index (χ1v) is 13.8. The predicted octanol–water partition coefficient (Wildman–Crippen LogP) is 6.67. The van der Waals surface area contributed by atoms with Gasteiger partial charge in [0.25, 0.3) is 0 Å². The monoisotopic (exact) mass is 476 g/mol. The number of aliphatic carboxylic acids is 1. The van der Waals surface area contributed by atoms with E-state index in [9.17, 15) is 19.5 Å². The van der Waals surface area contributed by atoms with Crippen LogP contribution in [0.1, 0.15) is 112 Å². The highest BCUT2D eigenvalue weighted by Crippen LogP contribution is 2.65. The molecule has 3 saturated carbocycles. The minimum Gasteiger partial charge on any atom is -0.481 e. The summed E-state index contributed by atoms with van der Waals surface area (Å²) in [7, 11) is 0. The second kappa shape index (κ2) is 10.7. The first kappa shape index (κ1) is 27.2. The van der Waals surface area contributed by atoms with E-state index in [0.29, 0.717) is 30.6 Å². The van der Waals surface area contributed by atoms with Gasteiger partial charge in [0.15, 0.2) is 0 Å². The fraction of sp³-hybridized carbons (Fsp3) is 0.897. The summed E-state index contributed by atoms with van der Waals surface area (Å²) in [6.07, 6.45) is 9.57. The Morgan fingerprint density at radius 3 is 2.32 bits per heavy atom. The lowest BCUT2D eigenvalue weighted by molar-refractivity contribution is -0.159. The van der Waals surface area contributed by atoms with Gasteiger partial charge in [-0.1, -0.05) is 53.9 Å². The molecule has 0 aromatic heterocycles. The Kier molecular flexibility index (Phi) is 8.56. The number of carboxylic acid groups (broad SMARTS) is 1. The summed E-state index contributed by atoms with van der Waals surface area (Å²) >= 11 is 0. The Morgan fingerprint density at radius 1 is 1.03 bits per heavy atom. The number of carbonyl (C=O) groups excluding carboxylic acids is 2. The summed E-state index contributed by atoms with van der Waals surface area (Å²) in [5.41, 5.74) is -0.346. The smallest absolute Gasteiger partial charge is 0.303 e. The number of carboxylic acids is 1. The van der Waals surface area contributed by atoms with Crippen molar-refractivity contribution < 1.29 is 24.2 Å². The molecular formula is C29H48O5. The average molecular weight is 477 g/mol. The van der Waals surface area contributed by atoms with Gasteiger partial charge in [-0.15, -0.1) is 0 Å². The van der Waals surface area contributed by atoms with Crippen molar-refractivity contribution in [1.29, 1.82) is 0 Å². The summed E-state index contributed by atoms with van der Waals surface area (Å²) in [6.45, 7) is 12.9. The highest BCUT2D eigenvalue weighted by molar-refractivity contribution is 5.86. The molecule has 34 heavy (non-hydrogen) atoms. The van der Waals surface area contributed by atoms with E-state index in [0.717, 1.165) is 25.2 Å². The van der Waals surface area contributed by atoms with Gasteiger partial charge in [0.1, 0.15) is 11.9 Å². The number of ether oxygens (including phenoxy) is 1. The van der Waals surface area contributed by atoms with E-state index in [-0.39, 0.29) is 47.9 Å². The highest BCUT2D eigenvalue weighted by atomic mass is 16.5. The molecule has 0 aromatic carbocycles. The molecule has 1 N–H and O–H groups in total. The predicted molar refractivity (Wildman–Crippen MR) is 133 cm³/mol. The van der Waals surface area contributed by atoms with Crippen molar-refractivity contribution in [1.82, 2.24) is 0 Å². The van der Waals surface area contributed by atoms with Gasteiger partial charge >= 0.3 is 11.9 Å². The van der Waals surface area contributed by atoms with Crippen LogP contribution in [0.2, 0.25) is 0 Å². The van der Waals surface area contributed by atoms with E-state index < -0.39 is 11.4 Å². The third-order valence-electron chi connectivity index (χ3n) is 10.2. The minimum atomic E-state index is -0.739. The molecule has 0 heterocycles. The Balaban J connectivity index is 1.78. The first-order chi connectivity index (χ1) is 15.9. The molecule has 0 bridgehead atoms. The average Bonchev–Trinajstić information content (AvgIpc) is 3.07. The molecule has 0 spiro atoms. The van der Waals surface area contributed by atoms with Crippen LogP contribution in [0.25, 0.3) is 0 Å². The maximum Gasteiger partial charge on any atom is 0.303 e. The second-order valence-electron chi connectivity index (χ2n) is 12.8. The molecule has 0 amide bonds. The molecule has 3 rings (SSSR count). The van der Waals surface area contributed by atoms with Gasteiger partial charge in [-0.05, 0) is 79.4 Å². The molecule has 0 unspecified atom stereocenters. The van der Waals surface area contributed by atoms with Crippen LogP contribution in [0.3, 0.4) is 0 Å². The fourth-order valence-corrected chi connectivity index (χ4v) is 8.46. The molecule has 0 radical (unpaired) electrons. The molecular weight excluding hydrogens is 428 g/mol. The maximum absolute atomic E-state index is 13.4. The largest absolute Gasteiger partial charge is 0.481 e. The Hall–Kier alpha value is -1.39. The zero-order valence-corrected chi connectivity index (χ0v) is 22.4. The zero-order valence-electron chi connectivity index (χ0n) is 22.4. The highest BCUT2D eigenvalue weighted by Gasteiger charge is 2.59. The van der Waals surface area contributed by atoms with Gasteiger partial charge in [-0.3, -0.25) is 14.4 Å². The number of rotatable bonds is 9. The fourth-order valence-electron chi connectivity index (χ4n) is 8.46. The molecule has 0 saturated heterocycles. The Morgan fingerprint density at radius 2 is 1.74 bits per heavy atom. The number of fused-ring (bicyclic) bond motifs is 1. The van der Waals surface area contributed by atoms with E-state index in [1.165, 1.54) is 32.6 Å². The summed E-state index contributed by atoms with van der Waals surface area (Å²) in [6, 6.07) is 0. The van der Waals surface area contributed by atoms with Gasteiger partial charge in [0.05, 0.1) is 0 Å². The lowest BCUT2D eigenvalue weighted by Gasteiger charge is -2.55. The van der Waals surface area contributed by atoms with Gasteiger partial charge in [-0.25, -0.2) is 0 Å². The lowest BCUT2D eigenvalue weighted by Crippen LogP contribution is -2.52. The first-order valence-electron chi connectivity index (χ1n) is 13.8. The quantitative estimate of drug-likeness (QED) is 0.376. The summed E-state index contributed by atoms with van der Waals surface area (Å²) < 4.78 is 5.35. The van der Waals surface area contributed by atoms with Crippen LogP contribution in [-0.4, -0.2) is 28.9 Å². The SMILES string of the molecule is CC(=O)O[C@H]1CC[C@](C)([C@H]2CC[C@]3(C)[C@@H]([C@H](C)CCCC(C)C)CC[C@H]3[C@@H]2CC(=O)O)C(=O)C1. The summed E-state index contributed by atoms with van der Waals surface area (Å²) in [5.74, 6) is 1.64. The van der Waals surface area contributed by atoms with E-state index in [2.05, 4.69) is 34.6 Å². The number of esters is 1. The zero-order chi connectivity index (χ0) is 25.3. The molecule has 0 aliphatic heterocycles. The van der Waals surface area contributed by atoms with Gasteiger partial charge in [0.2, 0.25) is 0 Å². The van der Waals surface area contributed by atoms with E-state index >= 15 is 0 Å². The number of hydrogen-bond acceptors (Lipinski definition) is 4. The van der Waals surface area contributed by atoms with Crippen LogP contribution in [0.15, 0.2) is 0 Å². The Labute approximate surface area is 206 Å². The van der Waals surface area contributed by atoms with E-state index in [1.807, 2.05) is 0 Å². The second-order valence-corrected chi connectivity index (χ2v) is 12.8. The van der Waals surface area contributed by atoms with Crippen LogP contribution in [0, 0.1) is 46.3 Å². The number of Topliss-reactive ketones (excluding diaryl/α,β-unsaturated/α-hetero) is 1. The van der Waals surface area contributed by atoms with Crippen LogP contribution in [0.4, 0.5) is 0 Å². The van der Waals surface area contributed by atoms with Crippen molar-refractivity contribution in [2.75, 3.05) is 0 Å². The molecule has 3 aliphatic rings. The van der Waals surface area contributed by atoms with Crippen molar-refractivity contribution in [3.05, 3.63) is 0 Å². The molecule has 3 aliphatic carbocycles. The van der Waals surface area contributed by atoms with Crippen molar-refractivity contribution in [2.45, 2.75) is 118 Å². The molecule has 8 atom stereocenters. The Bertz CT molecular complexity index is 760. The van der Waals surface area contributed by atoms with Crippen LogP contribution in [0.5, 0.6) is 0 Å². The molecule has 5 heteroatoms. The summed E-state index contributed by atoms with van der Waals surface area (Å²) in [4.78, 5) is 36.8. The van der Waals surface area contributed by atoms with Crippen molar-refractivity contribution >= 4 is 17.7 Å². The molecule has 194 valence electrons. The summed E-state index contributed by atoms with van der Waals surface area (Å²) in [5, 5.41) is 9.88. The third kappa shape index (κ3) is 5.54. The van der Waals surface area contributed by atoms with E-state index in [1.54, 1.807) is 0 Å². The standard InChI is InChI=1S/C29H48O5/c1-18(2)8-7-9-19(3)23-10-11-24-22(17-27(32)33)25(13-15-28(23,24)5)29(6)14-12-21(16-26(29)31)34-20(4)30/h18-19,21-25H,7-17H2,1-6H3,(H,32,33)/t19-,21+,22+,23-,24+,25+,28-,29-/m1/s1. The van der Waals surface area contributed by atoms with Crippen LogP contribution < -0.4 is 0 Å². The van der Waals surface area contributed by atoms with Crippen LogP contribution in [-0.2, 0) is 19.1 Å². The van der Waals surface area contributed by atoms with E-state index in [4.69, 9.17) is 4.74 Å². The van der Waals surface area contributed by atoms with Crippen molar-refractivity contribution in [3.8, 4) is 0 Å². The van der Waals surface area contributed by atoms with Crippen molar-refractivity contribution in [2.24, 2.45) is 46.3 Å². The van der Waals surface area contributed by atoms with Crippen LogP contribution >= 0.6 is 0 Å². The van der Waals surface area contributed by atoms with Crippen molar-refractivity contribution in [3.63, 3.8) is 0 Å². The third-order valence-corrected chi connectivity index (χ3v) is 10.2. The van der Waals surface area contributed by atoms with Gasteiger partial charge in [-0.2, -0.15) is 0 Å². The number of hydrogen-bond donors (Lipinski definition) is 1. The topological polar surface area (TPSA) is 80.7 Å².